The number of nitrogens with zero attached hydrogens (tertiary/aromatic N) is 1. The van der Waals surface area contributed by atoms with Crippen LogP contribution < -0.4 is 4.74 Å². The van der Waals surface area contributed by atoms with Gasteiger partial charge in [0.25, 0.3) is 0 Å². The van der Waals surface area contributed by atoms with Gasteiger partial charge in [-0.2, -0.15) is 13.2 Å². The molecule has 0 aliphatic carbocycles. The summed E-state index contributed by atoms with van der Waals surface area (Å²) >= 11 is -0.234. The SMILES string of the molecule is COc1ccc(CN2CC[C@@H]2C(=O)O)cc1SC(F)(F)F. The van der Waals surface area contributed by atoms with Crippen LogP contribution in [0.25, 0.3) is 0 Å². The van der Waals surface area contributed by atoms with E-state index in [1.54, 1.807) is 11.0 Å². The monoisotopic (exact) mass is 321 g/mol. The zero-order valence-electron chi connectivity index (χ0n) is 11.2. The highest BCUT2D eigenvalue weighted by molar-refractivity contribution is 8.00. The van der Waals surface area contributed by atoms with E-state index in [-0.39, 0.29) is 22.4 Å². The van der Waals surface area contributed by atoms with E-state index in [2.05, 4.69) is 0 Å². The van der Waals surface area contributed by atoms with Crippen LogP contribution in [0.5, 0.6) is 5.75 Å². The molecule has 1 aromatic rings. The first-order valence-corrected chi connectivity index (χ1v) is 7.01. The predicted octanol–water partition coefficient (Wildman–Crippen LogP) is 2.97. The molecule has 2 rings (SSSR count). The molecule has 1 fully saturated rings. The molecule has 1 heterocycles. The highest BCUT2D eigenvalue weighted by atomic mass is 32.2. The van der Waals surface area contributed by atoms with Gasteiger partial charge in [0.05, 0.1) is 12.0 Å². The lowest BCUT2D eigenvalue weighted by molar-refractivity contribution is -0.148. The van der Waals surface area contributed by atoms with Gasteiger partial charge in [0.1, 0.15) is 11.8 Å². The number of carboxylic acids is 1. The van der Waals surface area contributed by atoms with Gasteiger partial charge in [0.2, 0.25) is 0 Å². The van der Waals surface area contributed by atoms with Gasteiger partial charge in [-0.1, -0.05) is 6.07 Å². The topological polar surface area (TPSA) is 49.8 Å². The summed E-state index contributed by atoms with van der Waals surface area (Å²) in [6, 6.07) is 3.97. The minimum atomic E-state index is -4.40. The molecule has 4 nitrogen and oxygen atoms in total. The Morgan fingerprint density at radius 2 is 2.24 bits per heavy atom. The van der Waals surface area contributed by atoms with Crippen LogP contribution in [0, 0.1) is 0 Å². The van der Waals surface area contributed by atoms with E-state index < -0.39 is 17.5 Å². The van der Waals surface area contributed by atoms with Gasteiger partial charge in [0, 0.05) is 13.1 Å². The van der Waals surface area contributed by atoms with Gasteiger partial charge in [-0.05, 0) is 35.9 Å². The Morgan fingerprint density at radius 1 is 1.52 bits per heavy atom. The third-order valence-corrected chi connectivity index (χ3v) is 4.03. The highest BCUT2D eigenvalue weighted by Gasteiger charge is 2.34. The summed E-state index contributed by atoms with van der Waals surface area (Å²) in [5.74, 6) is -0.751. The summed E-state index contributed by atoms with van der Waals surface area (Å²) < 4.78 is 42.5. The third-order valence-electron chi connectivity index (χ3n) is 3.25. The van der Waals surface area contributed by atoms with Gasteiger partial charge in [0.15, 0.2) is 0 Å². The largest absolute Gasteiger partial charge is 0.496 e. The number of rotatable bonds is 5. The van der Waals surface area contributed by atoms with Crippen molar-refractivity contribution >= 4 is 17.7 Å². The number of hydrogen-bond acceptors (Lipinski definition) is 4. The molecule has 0 amide bonds. The molecule has 21 heavy (non-hydrogen) atoms. The van der Waals surface area contributed by atoms with Crippen LogP contribution in [0.4, 0.5) is 13.2 Å². The van der Waals surface area contributed by atoms with Gasteiger partial charge in [-0.25, -0.2) is 0 Å². The molecule has 1 atom stereocenters. The summed E-state index contributed by atoms with van der Waals surface area (Å²) in [5, 5.41) is 8.96. The van der Waals surface area contributed by atoms with Crippen LogP contribution in [0.3, 0.4) is 0 Å². The molecular formula is C13H14F3NO3S. The van der Waals surface area contributed by atoms with E-state index in [4.69, 9.17) is 9.84 Å². The number of thioether (sulfide) groups is 1. The lowest BCUT2D eigenvalue weighted by Gasteiger charge is -2.38. The van der Waals surface area contributed by atoms with Crippen molar-refractivity contribution in [3.05, 3.63) is 23.8 Å². The second kappa shape index (κ2) is 6.15. The number of benzene rings is 1. The van der Waals surface area contributed by atoms with Crippen LogP contribution in [0.1, 0.15) is 12.0 Å². The molecule has 0 spiro atoms. The Hall–Kier alpha value is -1.41. The smallest absolute Gasteiger partial charge is 0.446 e. The Morgan fingerprint density at radius 3 is 2.71 bits per heavy atom. The van der Waals surface area contributed by atoms with Crippen molar-refractivity contribution in [2.75, 3.05) is 13.7 Å². The van der Waals surface area contributed by atoms with Crippen molar-refractivity contribution in [2.45, 2.75) is 29.4 Å². The fourth-order valence-electron chi connectivity index (χ4n) is 2.17. The van der Waals surface area contributed by atoms with Crippen LogP contribution >= 0.6 is 11.8 Å². The first kappa shape index (κ1) is 16.0. The number of carbonyl (C=O) groups is 1. The quantitative estimate of drug-likeness (QED) is 0.845. The van der Waals surface area contributed by atoms with E-state index in [0.29, 0.717) is 25.1 Å². The maximum Gasteiger partial charge on any atom is 0.446 e. The number of ether oxygens (including phenoxy) is 1. The summed E-state index contributed by atoms with van der Waals surface area (Å²) in [7, 11) is 1.31. The second-order valence-electron chi connectivity index (χ2n) is 4.65. The Kier molecular flexibility index (Phi) is 4.67. The minimum absolute atomic E-state index is 0.0186. The van der Waals surface area contributed by atoms with E-state index in [1.165, 1.54) is 19.2 Å². The van der Waals surface area contributed by atoms with Crippen LogP contribution in [-0.2, 0) is 11.3 Å². The molecule has 0 unspecified atom stereocenters. The molecule has 0 saturated carbocycles. The number of likely N-dealkylation sites (tertiary alicyclic amines) is 1. The van der Waals surface area contributed by atoms with E-state index in [1.807, 2.05) is 0 Å². The van der Waals surface area contributed by atoms with Crippen molar-refractivity contribution in [1.82, 2.24) is 4.90 Å². The molecule has 1 saturated heterocycles. The molecule has 1 aliphatic heterocycles. The molecule has 0 radical (unpaired) electrons. The third kappa shape index (κ3) is 4.04. The lowest BCUT2D eigenvalue weighted by atomic mass is 10.0. The van der Waals surface area contributed by atoms with Gasteiger partial charge < -0.3 is 9.84 Å². The van der Waals surface area contributed by atoms with Gasteiger partial charge in [-0.3, -0.25) is 9.69 Å². The second-order valence-corrected chi connectivity index (χ2v) is 5.75. The van der Waals surface area contributed by atoms with Crippen molar-refractivity contribution in [3.8, 4) is 5.75 Å². The van der Waals surface area contributed by atoms with Crippen LogP contribution in [-0.4, -0.2) is 41.2 Å². The number of halogens is 3. The molecule has 0 bridgehead atoms. The van der Waals surface area contributed by atoms with E-state index in [9.17, 15) is 18.0 Å². The van der Waals surface area contributed by atoms with Crippen LogP contribution in [0.15, 0.2) is 23.1 Å². The first-order chi connectivity index (χ1) is 9.80. The number of carboxylic acid groups (broad SMARTS) is 1. The average molecular weight is 321 g/mol. The molecular weight excluding hydrogens is 307 g/mol. The Balaban J connectivity index is 2.14. The van der Waals surface area contributed by atoms with E-state index in [0.717, 1.165) is 0 Å². The molecule has 0 aromatic heterocycles. The maximum absolute atomic E-state index is 12.5. The van der Waals surface area contributed by atoms with Gasteiger partial charge in [-0.15, -0.1) is 0 Å². The van der Waals surface area contributed by atoms with E-state index >= 15 is 0 Å². The molecule has 8 heteroatoms. The molecule has 1 aromatic carbocycles. The predicted molar refractivity (Wildman–Crippen MR) is 71.4 cm³/mol. The fourth-order valence-corrected chi connectivity index (χ4v) is 2.88. The van der Waals surface area contributed by atoms with Crippen LogP contribution in [0.2, 0.25) is 0 Å². The van der Waals surface area contributed by atoms with Crippen molar-refractivity contribution in [3.63, 3.8) is 0 Å². The van der Waals surface area contributed by atoms with Crippen molar-refractivity contribution < 1.29 is 27.8 Å². The molecule has 1 N–H and O–H groups in total. The first-order valence-electron chi connectivity index (χ1n) is 6.19. The number of aliphatic carboxylic acids is 1. The summed E-state index contributed by atoms with van der Waals surface area (Å²) in [4.78, 5) is 12.6. The summed E-state index contributed by atoms with van der Waals surface area (Å²) in [6.07, 6.45) is 0.565. The zero-order chi connectivity index (χ0) is 15.6. The van der Waals surface area contributed by atoms with Gasteiger partial charge >= 0.3 is 11.5 Å². The Labute approximate surface area is 123 Å². The minimum Gasteiger partial charge on any atom is -0.496 e. The Bertz CT molecular complexity index is 536. The number of alkyl halides is 3. The maximum atomic E-state index is 12.5. The molecule has 1 aliphatic rings. The zero-order valence-corrected chi connectivity index (χ0v) is 12.0. The summed E-state index contributed by atoms with van der Waals surface area (Å²) in [5.41, 5.74) is -3.76. The molecule has 116 valence electrons. The number of methoxy groups -OCH3 is 1. The fraction of sp³-hybridized carbons (Fsp3) is 0.462. The summed E-state index contributed by atoms with van der Waals surface area (Å²) in [6.45, 7) is 0.942. The highest BCUT2D eigenvalue weighted by Crippen LogP contribution is 2.42. The number of hydrogen-bond donors (Lipinski definition) is 1. The lowest BCUT2D eigenvalue weighted by Crippen LogP contribution is -2.51. The van der Waals surface area contributed by atoms with Crippen molar-refractivity contribution in [2.24, 2.45) is 0 Å². The normalized spacial score (nSPS) is 19.1. The average Bonchev–Trinajstić information content (AvgIpc) is 2.32. The standard InChI is InChI=1S/C13H14F3NO3S/c1-20-10-3-2-8(6-11(10)21-13(14,15)16)7-17-5-4-9(17)12(18)19/h2-3,6,9H,4-5,7H2,1H3,(H,18,19)/t9-/m1/s1. The van der Waals surface area contributed by atoms with Crippen molar-refractivity contribution in [1.29, 1.82) is 0 Å².